The number of carbonyl (C=O) groups excluding carboxylic acids is 2. The van der Waals surface area contributed by atoms with Crippen molar-refractivity contribution in [1.82, 2.24) is 10.9 Å². The molecule has 25 heavy (non-hydrogen) atoms. The second-order valence-electron chi connectivity index (χ2n) is 5.04. The average Bonchev–Trinajstić information content (AvgIpc) is 3.03. The number of hydrazine groups is 1. The fourth-order valence-electron chi connectivity index (χ4n) is 2.02. The predicted molar refractivity (Wildman–Crippen MR) is 97.9 cm³/mol. The van der Waals surface area contributed by atoms with E-state index >= 15 is 0 Å². The van der Waals surface area contributed by atoms with Crippen LogP contribution in [-0.2, 0) is 4.79 Å². The van der Waals surface area contributed by atoms with E-state index < -0.39 is 11.8 Å². The summed E-state index contributed by atoms with van der Waals surface area (Å²) in [5, 5.41) is 1.95. The molecule has 2 aromatic rings. The van der Waals surface area contributed by atoms with Crippen molar-refractivity contribution in [2.75, 3.05) is 13.7 Å². The van der Waals surface area contributed by atoms with Crippen LogP contribution in [0.1, 0.15) is 27.7 Å². The summed E-state index contributed by atoms with van der Waals surface area (Å²) in [6.45, 7) is 4.32. The maximum atomic E-state index is 12.1. The minimum atomic E-state index is -0.449. The van der Waals surface area contributed by atoms with E-state index in [1.165, 1.54) is 13.2 Å². The van der Waals surface area contributed by atoms with Crippen molar-refractivity contribution in [1.29, 1.82) is 0 Å². The molecule has 2 amide bonds. The smallest absolute Gasteiger partial charge is 0.269 e. The molecule has 1 heterocycles. The van der Waals surface area contributed by atoms with Crippen LogP contribution in [-0.4, -0.2) is 25.5 Å². The monoisotopic (exact) mass is 360 g/mol. The molecule has 2 N–H and O–H groups in total. The van der Waals surface area contributed by atoms with Crippen molar-refractivity contribution in [3.8, 4) is 11.5 Å². The molecule has 1 aromatic heterocycles. The van der Waals surface area contributed by atoms with Gasteiger partial charge >= 0.3 is 0 Å². The lowest BCUT2D eigenvalue weighted by atomic mass is 10.2. The highest BCUT2D eigenvalue weighted by molar-refractivity contribution is 7.11. The highest BCUT2D eigenvalue weighted by atomic mass is 32.1. The van der Waals surface area contributed by atoms with Crippen LogP contribution in [0.4, 0.5) is 0 Å². The van der Waals surface area contributed by atoms with Crippen molar-refractivity contribution in [3.63, 3.8) is 0 Å². The standard InChI is InChI=1S/C18H20N2O4S/c1-4-24-14-6-5-13(11-15(14)23-3)18(22)20-19-17(21)8-7-16-12(2)9-10-25-16/h5-11H,4H2,1-3H3,(H,19,21)(H,20,22)/b8-7+. The Morgan fingerprint density at radius 1 is 1.20 bits per heavy atom. The molecule has 0 atom stereocenters. The third-order valence-electron chi connectivity index (χ3n) is 3.31. The topological polar surface area (TPSA) is 76.7 Å². The van der Waals surface area contributed by atoms with E-state index in [1.54, 1.807) is 35.6 Å². The first-order valence-electron chi connectivity index (χ1n) is 7.68. The second-order valence-corrected chi connectivity index (χ2v) is 5.99. The molecule has 0 spiro atoms. The summed E-state index contributed by atoms with van der Waals surface area (Å²) in [6.07, 6.45) is 3.08. The summed E-state index contributed by atoms with van der Waals surface area (Å²) in [5.41, 5.74) is 6.15. The molecule has 2 rings (SSSR count). The van der Waals surface area contributed by atoms with E-state index in [0.717, 1.165) is 10.4 Å². The van der Waals surface area contributed by atoms with Crippen LogP contribution in [0.15, 0.2) is 35.7 Å². The van der Waals surface area contributed by atoms with E-state index in [-0.39, 0.29) is 0 Å². The van der Waals surface area contributed by atoms with Gasteiger partial charge in [-0.2, -0.15) is 0 Å². The first kappa shape index (κ1) is 18.5. The lowest BCUT2D eigenvalue weighted by molar-refractivity contribution is -0.117. The quantitative estimate of drug-likeness (QED) is 0.613. The maximum absolute atomic E-state index is 12.1. The minimum Gasteiger partial charge on any atom is -0.493 e. The summed E-state index contributed by atoms with van der Waals surface area (Å²) < 4.78 is 10.6. The molecule has 0 saturated carbocycles. The zero-order chi connectivity index (χ0) is 18.2. The van der Waals surface area contributed by atoms with Gasteiger partial charge in [0.05, 0.1) is 13.7 Å². The van der Waals surface area contributed by atoms with Crippen LogP contribution in [0.3, 0.4) is 0 Å². The Kier molecular flexibility index (Phi) is 6.59. The normalized spacial score (nSPS) is 10.5. The molecule has 0 aliphatic rings. The molecule has 0 radical (unpaired) electrons. The fourth-order valence-corrected chi connectivity index (χ4v) is 2.84. The number of benzene rings is 1. The van der Waals surface area contributed by atoms with Gasteiger partial charge < -0.3 is 9.47 Å². The van der Waals surface area contributed by atoms with Crippen LogP contribution < -0.4 is 20.3 Å². The van der Waals surface area contributed by atoms with Gasteiger partial charge in [-0.25, -0.2) is 0 Å². The lowest BCUT2D eigenvalue weighted by Gasteiger charge is -2.11. The van der Waals surface area contributed by atoms with Crippen molar-refractivity contribution < 1.29 is 19.1 Å². The molecule has 7 heteroatoms. The van der Waals surface area contributed by atoms with Crippen molar-refractivity contribution in [2.45, 2.75) is 13.8 Å². The van der Waals surface area contributed by atoms with E-state index in [9.17, 15) is 9.59 Å². The average molecular weight is 360 g/mol. The zero-order valence-electron chi connectivity index (χ0n) is 14.3. The SMILES string of the molecule is CCOc1ccc(C(=O)NNC(=O)/C=C/c2sccc2C)cc1OC. The summed E-state index contributed by atoms with van der Waals surface area (Å²) in [5.74, 6) is 0.142. The number of methoxy groups -OCH3 is 1. The zero-order valence-corrected chi connectivity index (χ0v) is 15.1. The van der Waals surface area contributed by atoms with Gasteiger partial charge in [-0.3, -0.25) is 20.4 Å². The molecule has 0 saturated heterocycles. The third kappa shape index (κ3) is 5.09. The molecule has 0 bridgehead atoms. The van der Waals surface area contributed by atoms with Crippen molar-refractivity contribution >= 4 is 29.2 Å². The first-order valence-corrected chi connectivity index (χ1v) is 8.56. The molecule has 0 aliphatic carbocycles. The minimum absolute atomic E-state index is 0.346. The number of rotatable bonds is 6. The molecular formula is C18H20N2O4S. The number of aryl methyl sites for hydroxylation is 1. The molecule has 0 fully saturated rings. The van der Waals surface area contributed by atoms with Crippen LogP contribution >= 0.6 is 11.3 Å². The van der Waals surface area contributed by atoms with Gasteiger partial charge in [-0.1, -0.05) is 0 Å². The Bertz CT molecular complexity index is 783. The number of ether oxygens (including phenoxy) is 2. The Morgan fingerprint density at radius 3 is 2.64 bits per heavy atom. The van der Waals surface area contributed by atoms with Crippen molar-refractivity contribution in [2.24, 2.45) is 0 Å². The predicted octanol–water partition coefficient (Wildman–Crippen LogP) is 2.94. The van der Waals surface area contributed by atoms with E-state index in [1.807, 2.05) is 25.3 Å². The molecule has 6 nitrogen and oxygen atoms in total. The largest absolute Gasteiger partial charge is 0.493 e. The Balaban J connectivity index is 1.94. The number of thiophene rings is 1. The maximum Gasteiger partial charge on any atom is 0.269 e. The van der Waals surface area contributed by atoms with Gasteiger partial charge in [-0.05, 0) is 55.1 Å². The molecular weight excluding hydrogens is 340 g/mol. The number of hydrogen-bond acceptors (Lipinski definition) is 5. The van der Waals surface area contributed by atoms with Gasteiger partial charge in [0.2, 0.25) is 0 Å². The summed E-state index contributed by atoms with van der Waals surface area (Å²) in [7, 11) is 1.50. The second kappa shape index (κ2) is 8.89. The van der Waals surface area contributed by atoms with Gasteiger partial charge in [-0.15, -0.1) is 11.3 Å². The number of carbonyl (C=O) groups is 2. The van der Waals surface area contributed by atoms with Gasteiger partial charge in [0.15, 0.2) is 11.5 Å². The number of amides is 2. The van der Waals surface area contributed by atoms with Crippen molar-refractivity contribution in [3.05, 3.63) is 51.7 Å². The third-order valence-corrected chi connectivity index (χ3v) is 4.30. The van der Waals surface area contributed by atoms with Crippen LogP contribution in [0, 0.1) is 6.92 Å². The Labute approximate surface area is 150 Å². The van der Waals surface area contributed by atoms with Crippen LogP contribution in [0.25, 0.3) is 6.08 Å². The highest BCUT2D eigenvalue weighted by Crippen LogP contribution is 2.27. The van der Waals surface area contributed by atoms with Gasteiger partial charge in [0.1, 0.15) is 0 Å². The fraction of sp³-hybridized carbons (Fsp3) is 0.222. The molecule has 132 valence electrons. The Morgan fingerprint density at radius 2 is 2.00 bits per heavy atom. The molecule has 0 unspecified atom stereocenters. The lowest BCUT2D eigenvalue weighted by Crippen LogP contribution is -2.40. The summed E-state index contributed by atoms with van der Waals surface area (Å²) >= 11 is 1.54. The molecule has 0 aliphatic heterocycles. The van der Waals surface area contributed by atoms with E-state index in [2.05, 4.69) is 10.9 Å². The van der Waals surface area contributed by atoms with Gasteiger partial charge in [0.25, 0.3) is 11.8 Å². The highest BCUT2D eigenvalue weighted by Gasteiger charge is 2.11. The van der Waals surface area contributed by atoms with Gasteiger partial charge in [0, 0.05) is 16.5 Å². The number of nitrogens with one attached hydrogen (secondary N) is 2. The van der Waals surface area contributed by atoms with E-state index in [0.29, 0.717) is 23.7 Å². The van der Waals surface area contributed by atoms with Crippen LogP contribution in [0.2, 0.25) is 0 Å². The Hall–Kier alpha value is -2.80. The summed E-state index contributed by atoms with van der Waals surface area (Å²) in [4.78, 5) is 24.9. The number of hydrogen-bond donors (Lipinski definition) is 2. The molecule has 1 aromatic carbocycles. The summed E-state index contributed by atoms with van der Waals surface area (Å²) in [6, 6.07) is 6.78. The van der Waals surface area contributed by atoms with Crippen LogP contribution in [0.5, 0.6) is 11.5 Å². The first-order chi connectivity index (χ1) is 12.0. The van der Waals surface area contributed by atoms with E-state index in [4.69, 9.17) is 9.47 Å².